The Hall–Kier alpha value is -2.93. The molecular weight excluding hydrogens is 360 g/mol. The van der Waals surface area contributed by atoms with Crippen molar-refractivity contribution in [2.24, 2.45) is 0 Å². The lowest BCUT2D eigenvalue weighted by Gasteiger charge is -2.13. The highest BCUT2D eigenvalue weighted by Gasteiger charge is 2.18. The number of anilines is 1. The topological polar surface area (TPSA) is 98.5 Å². The highest BCUT2D eigenvalue weighted by atomic mass is 35.5. The Morgan fingerprint density at radius 3 is 2.65 bits per heavy atom. The fourth-order valence-electron chi connectivity index (χ4n) is 2.37. The van der Waals surface area contributed by atoms with Crippen molar-refractivity contribution in [2.45, 2.75) is 20.3 Å². The van der Waals surface area contributed by atoms with E-state index in [4.69, 9.17) is 16.3 Å². The summed E-state index contributed by atoms with van der Waals surface area (Å²) in [5, 5.41) is 13.5. The van der Waals surface area contributed by atoms with Crippen LogP contribution in [0.1, 0.15) is 28.4 Å². The zero-order valence-electron chi connectivity index (χ0n) is 14.2. The highest BCUT2D eigenvalue weighted by Crippen LogP contribution is 2.25. The maximum atomic E-state index is 12.1. The number of ether oxygens (including phenoxy) is 1. The molecule has 0 spiro atoms. The van der Waals surface area contributed by atoms with Crippen LogP contribution in [0.25, 0.3) is 0 Å². The van der Waals surface area contributed by atoms with E-state index in [1.807, 2.05) is 32.0 Å². The highest BCUT2D eigenvalue weighted by molar-refractivity contribution is 6.32. The van der Waals surface area contributed by atoms with Gasteiger partial charge in [-0.25, -0.2) is 4.79 Å². The van der Waals surface area contributed by atoms with E-state index in [-0.39, 0.29) is 10.6 Å². The molecule has 2 aromatic carbocycles. The molecule has 0 aliphatic carbocycles. The summed E-state index contributed by atoms with van der Waals surface area (Å²) in [5.74, 6) is -1.34. The van der Waals surface area contributed by atoms with Crippen LogP contribution >= 0.6 is 11.6 Å². The molecule has 8 heteroatoms. The number of halogens is 1. The molecule has 0 bridgehead atoms. The van der Waals surface area contributed by atoms with Crippen LogP contribution in [-0.4, -0.2) is 23.4 Å². The van der Waals surface area contributed by atoms with Gasteiger partial charge in [-0.15, -0.1) is 0 Å². The number of nitro benzene ring substituents is 1. The summed E-state index contributed by atoms with van der Waals surface area (Å²) in [5.41, 5.74) is 2.10. The third-order valence-electron chi connectivity index (χ3n) is 3.72. The molecule has 0 saturated heterocycles. The van der Waals surface area contributed by atoms with Crippen LogP contribution in [0, 0.1) is 17.0 Å². The Bertz CT molecular complexity index is 867. The van der Waals surface area contributed by atoms with Crippen LogP contribution < -0.4 is 5.32 Å². The average molecular weight is 377 g/mol. The van der Waals surface area contributed by atoms with Crippen LogP contribution in [0.15, 0.2) is 36.4 Å². The lowest BCUT2D eigenvalue weighted by atomic mass is 10.1. The van der Waals surface area contributed by atoms with Crippen LogP contribution in [0.5, 0.6) is 0 Å². The van der Waals surface area contributed by atoms with E-state index in [0.29, 0.717) is 5.69 Å². The molecule has 7 nitrogen and oxygen atoms in total. The van der Waals surface area contributed by atoms with E-state index < -0.39 is 29.1 Å². The first-order chi connectivity index (χ1) is 12.3. The molecule has 0 aliphatic heterocycles. The fourth-order valence-corrected chi connectivity index (χ4v) is 2.56. The van der Waals surface area contributed by atoms with Crippen molar-refractivity contribution in [2.75, 3.05) is 11.9 Å². The number of para-hydroxylation sites is 1. The predicted molar refractivity (Wildman–Crippen MR) is 97.6 cm³/mol. The minimum absolute atomic E-state index is 0.0564. The molecule has 0 aromatic heterocycles. The van der Waals surface area contributed by atoms with Crippen molar-refractivity contribution >= 4 is 34.9 Å². The van der Waals surface area contributed by atoms with Gasteiger partial charge in [0.1, 0.15) is 5.02 Å². The van der Waals surface area contributed by atoms with Crippen molar-refractivity contribution in [3.8, 4) is 0 Å². The average Bonchev–Trinajstić information content (AvgIpc) is 2.61. The summed E-state index contributed by atoms with van der Waals surface area (Å²) < 4.78 is 4.93. The minimum Gasteiger partial charge on any atom is -0.452 e. The molecule has 0 aliphatic rings. The van der Waals surface area contributed by atoms with Gasteiger partial charge < -0.3 is 10.1 Å². The zero-order chi connectivity index (χ0) is 19.3. The number of carbonyl (C=O) groups is 2. The molecule has 136 valence electrons. The van der Waals surface area contributed by atoms with Gasteiger partial charge in [0.05, 0.1) is 10.5 Å². The molecule has 26 heavy (non-hydrogen) atoms. The maximum absolute atomic E-state index is 12.1. The number of aryl methyl sites for hydroxylation is 2. The second-order valence-electron chi connectivity index (χ2n) is 5.51. The van der Waals surface area contributed by atoms with Gasteiger partial charge in [0.15, 0.2) is 6.61 Å². The summed E-state index contributed by atoms with van der Waals surface area (Å²) in [6, 6.07) is 9.22. The number of nitro groups is 1. The van der Waals surface area contributed by atoms with Gasteiger partial charge in [-0.2, -0.15) is 0 Å². The summed E-state index contributed by atoms with van der Waals surface area (Å²) in [4.78, 5) is 34.3. The fraction of sp³-hybridized carbons (Fsp3) is 0.222. The van der Waals surface area contributed by atoms with Crippen LogP contribution in [0.3, 0.4) is 0 Å². The molecule has 0 unspecified atom stereocenters. The lowest BCUT2D eigenvalue weighted by Crippen LogP contribution is -2.22. The largest absolute Gasteiger partial charge is 0.452 e. The third-order valence-corrected chi connectivity index (χ3v) is 4.04. The van der Waals surface area contributed by atoms with Gasteiger partial charge in [-0.1, -0.05) is 36.7 Å². The predicted octanol–water partition coefficient (Wildman–Crippen LogP) is 3.91. The summed E-state index contributed by atoms with van der Waals surface area (Å²) >= 11 is 5.70. The molecular formula is C18H17ClN2O5. The maximum Gasteiger partial charge on any atom is 0.338 e. The monoisotopic (exact) mass is 376 g/mol. The molecule has 0 radical (unpaired) electrons. The first-order valence-electron chi connectivity index (χ1n) is 7.83. The first kappa shape index (κ1) is 19.4. The van der Waals surface area contributed by atoms with Crippen LogP contribution in [0.4, 0.5) is 11.4 Å². The first-order valence-corrected chi connectivity index (χ1v) is 8.20. The number of rotatable bonds is 6. The van der Waals surface area contributed by atoms with E-state index in [1.54, 1.807) is 0 Å². The van der Waals surface area contributed by atoms with Crippen molar-refractivity contribution in [3.05, 3.63) is 68.2 Å². The SMILES string of the molecule is CCc1cccc(C)c1NC(=O)COC(=O)c1ccc(Cl)c([N+](=O)[O-])c1. The van der Waals surface area contributed by atoms with Crippen LogP contribution in [0.2, 0.25) is 5.02 Å². The van der Waals surface area contributed by atoms with Gasteiger partial charge in [0, 0.05) is 11.8 Å². The molecule has 1 amide bonds. The Labute approximate surface area is 155 Å². The summed E-state index contributed by atoms with van der Waals surface area (Å²) in [6.07, 6.45) is 0.742. The number of esters is 1. The number of hydrogen-bond donors (Lipinski definition) is 1. The minimum atomic E-state index is -0.847. The van der Waals surface area contributed by atoms with Gasteiger partial charge >= 0.3 is 5.97 Å². The second-order valence-corrected chi connectivity index (χ2v) is 5.92. The van der Waals surface area contributed by atoms with E-state index in [9.17, 15) is 19.7 Å². The Morgan fingerprint density at radius 2 is 2.00 bits per heavy atom. The Kier molecular flexibility index (Phi) is 6.30. The smallest absolute Gasteiger partial charge is 0.338 e. The van der Waals surface area contributed by atoms with Crippen molar-refractivity contribution in [1.82, 2.24) is 0 Å². The molecule has 2 rings (SSSR count). The standard InChI is InChI=1S/C18H17ClN2O5/c1-3-12-6-4-5-11(2)17(12)20-16(22)10-26-18(23)13-7-8-14(19)15(9-13)21(24)25/h4-9H,3,10H2,1-2H3,(H,20,22). The van der Waals surface area contributed by atoms with Crippen molar-refractivity contribution < 1.29 is 19.2 Å². The number of nitrogens with zero attached hydrogens (tertiary/aromatic N) is 1. The van der Waals surface area contributed by atoms with Gasteiger partial charge in [-0.3, -0.25) is 14.9 Å². The van der Waals surface area contributed by atoms with Crippen molar-refractivity contribution in [1.29, 1.82) is 0 Å². The summed E-state index contributed by atoms with van der Waals surface area (Å²) in [7, 11) is 0. The molecule has 0 heterocycles. The zero-order valence-corrected chi connectivity index (χ0v) is 15.0. The van der Waals surface area contributed by atoms with Gasteiger partial charge in [-0.05, 0) is 36.6 Å². The molecule has 2 aromatic rings. The molecule has 0 saturated carbocycles. The Balaban J connectivity index is 2.03. The van der Waals surface area contributed by atoms with Gasteiger partial charge in [0.25, 0.3) is 11.6 Å². The van der Waals surface area contributed by atoms with Gasteiger partial charge in [0.2, 0.25) is 0 Å². The molecule has 1 N–H and O–H groups in total. The number of amides is 1. The van der Waals surface area contributed by atoms with Crippen LogP contribution in [-0.2, 0) is 16.0 Å². The third kappa shape index (κ3) is 4.58. The normalized spacial score (nSPS) is 10.3. The van der Waals surface area contributed by atoms with E-state index in [2.05, 4.69) is 5.32 Å². The molecule has 0 atom stereocenters. The Morgan fingerprint density at radius 1 is 1.27 bits per heavy atom. The van der Waals surface area contributed by atoms with E-state index in [1.165, 1.54) is 12.1 Å². The second kappa shape index (κ2) is 8.44. The number of benzene rings is 2. The summed E-state index contributed by atoms with van der Waals surface area (Å²) in [6.45, 7) is 3.33. The quantitative estimate of drug-likeness (QED) is 0.468. The number of hydrogen-bond acceptors (Lipinski definition) is 5. The number of carbonyl (C=O) groups excluding carboxylic acids is 2. The van der Waals surface area contributed by atoms with E-state index in [0.717, 1.165) is 23.6 Å². The lowest BCUT2D eigenvalue weighted by molar-refractivity contribution is -0.384. The van der Waals surface area contributed by atoms with Crippen molar-refractivity contribution in [3.63, 3.8) is 0 Å². The molecule has 0 fully saturated rings. The number of nitrogens with one attached hydrogen (secondary N) is 1. The van der Waals surface area contributed by atoms with E-state index >= 15 is 0 Å².